The van der Waals surface area contributed by atoms with Gasteiger partial charge in [0.25, 0.3) is 10.0 Å². The Morgan fingerprint density at radius 1 is 1.25 bits per heavy atom. The van der Waals surface area contributed by atoms with Gasteiger partial charge in [-0.05, 0) is 52.7 Å². The predicted molar refractivity (Wildman–Crippen MR) is 80.5 cm³/mol. The van der Waals surface area contributed by atoms with E-state index in [1.165, 1.54) is 18.5 Å². The number of halogens is 1. The first kappa shape index (κ1) is 14.8. The van der Waals surface area contributed by atoms with Crippen LogP contribution in [0.25, 0.3) is 0 Å². The average Bonchev–Trinajstić information content (AvgIpc) is 2.38. The predicted octanol–water partition coefficient (Wildman–Crippen LogP) is 2.96. The van der Waals surface area contributed by atoms with E-state index in [4.69, 9.17) is 4.74 Å². The Labute approximate surface area is 126 Å². The van der Waals surface area contributed by atoms with Gasteiger partial charge in [-0.3, -0.25) is 9.71 Å². The van der Waals surface area contributed by atoms with Gasteiger partial charge in [-0.1, -0.05) is 0 Å². The Bertz CT molecular complexity index is 732. The van der Waals surface area contributed by atoms with Gasteiger partial charge in [-0.15, -0.1) is 0 Å². The summed E-state index contributed by atoms with van der Waals surface area (Å²) in [6, 6.07) is 6.56. The number of hydrogen-bond donors (Lipinski definition) is 1. The number of benzene rings is 1. The fraction of sp³-hybridized carbons (Fsp3) is 0.154. The highest BCUT2D eigenvalue weighted by molar-refractivity contribution is 9.10. The summed E-state index contributed by atoms with van der Waals surface area (Å²) in [7, 11) is -2.09. The Kier molecular flexibility index (Phi) is 4.29. The summed E-state index contributed by atoms with van der Waals surface area (Å²) in [5.41, 5.74) is 1.32. The van der Waals surface area contributed by atoms with E-state index in [0.29, 0.717) is 15.9 Å². The molecule has 106 valence electrons. The van der Waals surface area contributed by atoms with Gasteiger partial charge in [0.2, 0.25) is 0 Å². The molecular formula is C13H13BrN2O3S. The second kappa shape index (κ2) is 5.80. The van der Waals surface area contributed by atoms with Crippen molar-refractivity contribution in [3.05, 3.63) is 46.7 Å². The van der Waals surface area contributed by atoms with Crippen molar-refractivity contribution in [3.8, 4) is 5.75 Å². The summed E-state index contributed by atoms with van der Waals surface area (Å²) in [5.74, 6) is 0.706. The molecule has 0 unspecified atom stereocenters. The second-order valence-corrected chi connectivity index (χ2v) is 6.73. The van der Waals surface area contributed by atoms with Crippen LogP contribution in [0.2, 0.25) is 0 Å². The minimum Gasteiger partial charge on any atom is -0.496 e. The topological polar surface area (TPSA) is 68.3 Å². The number of pyridine rings is 1. The average molecular weight is 357 g/mol. The van der Waals surface area contributed by atoms with E-state index in [1.54, 1.807) is 25.3 Å². The van der Waals surface area contributed by atoms with Gasteiger partial charge in [-0.25, -0.2) is 8.42 Å². The Balaban J connectivity index is 2.31. The second-order valence-electron chi connectivity index (χ2n) is 4.13. The lowest BCUT2D eigenvalue weighted by Crippen LogP contribution is -2.13. The first-order valence-corrected chi connectivity index (χ1v) is 7.98. The third kappa shape index (κ3) is 3.29. The van der Waals surface area contributed by atoms with Crippen LogP contribution in [-0.2, 0) is 10.0 Å². The van der Waals surface area contributed by atoms with Crippen molar-refractivity contribution in [2.45, 2.75) is 11.8 Å². The molecule has 0 atom stereocenters. The van der Waals surface area contributed by atoms with Gasteiger partial charge in [0.15, 0.2) is 0 Å². The number of nitrogens with zero attached hydrogens (tertiary/aromatic N) is 1. The molecule has 1 aromatic heterocycles. The van der Waals surface area contributed by atoms with E-state index in [0.717, 1.165) is 5.56 Å². The number of rotatable bonds is 4. The molecule has 0 saturated heterocycles. The molecule has 0 bridgehead atoms. The first-order valence-electron chi connectivity index (χ1n) is 5.70. The van der Waals surface area contributed by atoms with Crippen molar-refractivity contribution in [2.24, 2.45) is 0 Å². The van der Waals surface area contributed by atoms with Crippen molar-refractivity contribution in [1.29, 1.82) is 0 Å². The number of nitrogens with one attached hydrogen (secondary N) is 1. The highest BCUT2D eigenvalue weighted by Crippen LogP contribution is 2.24. The van der Waals surface area contributed by atoms with Gasteiger partial charge in [0, 0.05) is 22.6 Å². The minimum atomic E-state index is -3.66. The summed E-state index contributed by atoms with van der Waals surface area (Å²) in [6.07, 6.45) is 2.82. The Hall–Kier alpha value is -1.60. The maximum atomic E-state index is 12.2. The van der Waals surface area contributed by atoms with Crippen molar-refractivity contribution in [1.82, 2.24) is 4.98 Å². The largest absolute Gasteiger partial charge is 0.496 e. The summed E-state index contributed by atoms with van der Waals surface area (Å²) >= 11 is 3.20. The monoisotopic (exact) mass is 356 g/mol. The zero-order valence-corrected chi connectivity index (χ0v) is 13.3. The molecule has 1 heterocycles. The number of aryl methyl sites for hydroxylation is 1. The standard InChI is InChI=1S/C13H13BrN2O3S/c1-9-5-11(3-4-13(9)19-2)16-20(17,18)12-6-10(14)7-15-8-12/h3-8,16H,1-2H3. The first-order chi connectivity index (χ1) is 9.42. The molecule has 0 aliphatic carbocycles. The molecule has 1 N–H and O–H groups in total. The van der Waals surface area contributed by atoms with E-state index in [9.17, 15) is 8.42 Å². The maximum Gasteiger partial charge on any atom is 0.263 e. The molecule has 0 radical (unpaired) electrons. The van der Waals surface area contributed by atoms with Gasteiger partial charge in [0.1, 0.15) is 10.6 Å². The van der Waals surface area contributed by atoms with Crippen molar-refractivity contribution >= 4 is 31.6 Å². The molecule has 0 aliphatic heterocycles. The number of aromatic nitrogens is 1. The van der Waals surface area contributed by atoms with Crippen LogP contribution in [0.5, 0.6) is 5.75 Å². The molecule has 0 saturated carbocycles. The number of hydrogen-bond acceptors (Lipinski definition) is 4. The molecular weight excluding hydrogens is 344 g/mol. The summed E-state index contributed by atoms with van der Waals surface area (Å²) < 4.78 is 32.7. The summed E-state index contributed by atoms with van der Waals surface area (Å²) in [5, 5.41) is 0. The molecule has 0 spiro atoms. The third-order valence-corrected chi connectivity index (χ3v) is 4.42. The number of anilines is 1. The van der Waals surface area contributed by atoms with Crippen LogP contribution >= 0.6 is 15.9 Å². The van der Waals surface area contributed by atoms with Crippen LogP contribution in [-0.4, -0.2) is 20.5 Å². The molecule has 2 aromatic rings. The Morgan fingerprint density at radius 2 is 2.00 bits per heavy atom. The van der Waals surface area contributed by atoms with Crippen LogP contribution < -0.4 is 9.46 Å². The van der Waals surface area contributed by atoms with Gasteiger partial charge in [-0.2, -0.15) is 0 Å². The molecule has 7 heteroatoms. The molecule has 5 nitrogen and oxygen atoms in total. The fourth-order valence-corrected chi connectivity index (χ4v) is 3.25. The van der Waals surface area contributed by atoms with E-state index < -0.39 is 10.0 Å². The van der Waals surface area contributed by atoms with Gasteiger partial charge in [0.05, 0.1) is 7.11 Å². The Morgan fingerprint density at radius 3 is 2.60 bits per heavy atom. The van der Waals surface area contributed by atoms with Gasteiger partial charge >= 0.3 is 0 Å². The normalized spacial score (nSPS) is 11.2. The summed E-state index contributed by atoms with van der Waals surface area (Å²) in [6.45, 7) is 1.84. The van der Waals surface area contributed by atoms with Crippen LogP contribution in [0.4, 0.5) is 5.69 Å². The van der Waals surface area contributed by atoms with Crippen molar-refractivity contribution in [2.75, 3.05) is 11.8 Å². The van der Waals surface area contributed by atoms with Gasteiger partial charge < -0.3 is 4.74 Å². The molecule has 0 aliphatic rings. The lowest BCUT2D eigenvalue weighted by molar-refractivity contribution is 0.412. The summed E-state index contributed by atoms with van der Waals surface area (Å²) in [4.78, 5) is 3.95. The van der Waals surface area contributed by atoms with E-state index in [2.05, 4.69) is 25.6 Å². The van der Waals surface area contributed by atoms with Crippen molar-refractivity contribution in [3.63, 3.8) is 0 Å². The molecule has 0 fully saturated rings. The van der Waals surface area contributed by atoms with Crippen LogP contribution in [0.1, 0.15) is 5.56 Å². The molecule has 2 rings (SSSR count). The zero-order chi connectivity index (χ0) is 14.8. The number of sulfonamides is 1. The lowest BCUT2D eigenvalue weighted by atomic mass is 10.2. The van der Waals surface area contributed by atoms with Crippen molar-refractivity contribution < 1.29 is 13.2 Å². The van der Waals surface area contributed by atoms with Crippen LogP contribution in [0, 0.1) is 6.92 Å². The molecule has 0 amide bonds. The number of ether oxygens (including phenoxy) is 1. The fourth-order valence-electron chi connectivity index (χ4n) is 1.70. The molecule has 1 aromatic carbocycles. The van der Waals surface area contributed by atoms with Crippen LogP contribution in [0.15, 0.2) is 46.0 Å². The highest BCUT2D eigenvalue weighted by Gasteiger charge is 2.15. The zero-order valence-electron chi connectivity index (χ0n) is 10.9. The minimum absolute atomic E-state index is 0.0975. The number of methoxy groups -OCH3 is 1. The van der Waals surface area contributed by atoms with E-state index >= 15 is 0 Å². The lowest BCUT2D eigenvalue weighted by Gasteiger charge is -2.10. The van der Waals surface area contributed by atoms with E-state index in [1.807, 2.05) is 6.92 Å². The quantitative estimate of drug-likeness (QED) is 0.914. The smallest absolute Gasteiger partial charge is 0.263 e. The molecule has 20 heavy (non-hydrogen) atoms. The third-order valence-electron chi connectivity index (χ3n) is 2.64. The maximum absolute atomic E-state index is 12.2. The van der Waals surface area contributed by atoms with E-state index in [-0.39, 0.29) is 4.90 Å². The van der Waals surface area contributed by atoms with Crippen LogP contribution in [0.3, 0.4) is 0 Å². The highest BCUT2D eigenvalue weighted by atomic mass is 79.9. The SMILES string of the molecule is COc1ccc(NS(=O)(=O)c2cncc(Br)c2)cc1C.